The Labute approximate surface area is 191 Å². The van der Waals surface area contributed by atoms with Crippen LogP contribution in [-0.4, -0.2) is 74.2 Å². The SMILES string of the molecule is CC1=CCCCC=C1.CO/C1=C(N2CCN(C3CCN(C)CC3)CC2)/C=C\CCCC1. The number of hydrogen-bond donors (Lipinski definition) is 0. The van der Waals surface area contributed by atoms with E-state index < -0.39 is 0 Å². The van der Waals surface area contributed by atoms with Crippen LogP contribution in [0.4, 0.5) is 0 Å². The number of ether oxygens (including phenoxy) is 1. The molecule has 0 unspecified atom stereocenters. The molecule has 2 fully saturated rings. The Morgan fingerprint density at radius 2 is 1.55 bits per heavy atom. The standard InChI is InChI=1S/C19H33N3O.C8H12/c1-20-11-9-17(10-12-20)21-13-15-22(16-14-21)18-7-5-3-4-6-8-19(18)23-2;1-8-6-4-2-3-5-7-8/h5,7,17H,3-4,6,8-16H2,1-2H3;4,6-7H,2-3,5H2,1H3/b7-5-,19-18-;. The molecule has 0 saturated carbocycles. The maximum atomic E-state index is 5.72. The van der Waals surface area contributed by atoms with E-state index in [1.165, 1.54) is 94.6 Å². The molecule has 0 bridgehead atoms. The molecule has 2 heterocycles. The number of piperidine rings is 1. The van der Waals surface area contributed by atoms with Crippen LogP contribution in [-0.2, 0) is 4.74 Å². The van der Waals surface area contributed by atoms with Gasteiger partial charge in [-0.25, -0.2) is 0 Å². The Bertz CT molecular complexity index is 647. The van der Waals surface area contributed by atoms with E-state index in [1.54, 1.807) is 0 Å². The Kier molecular flexibility index (Phi) is 10.2. The van der Waals surface area contributed by atoms with E-state index in [9.17, 15) is 0 Å². The highest BCUT2D eigenvalue weighted by molar-refractivity contribution is 5.23. The van der Waals surface area contributed by atoms with Gasteiger partial charge in [0.15, 0.2) is 0 Å². The summed E-state index contributed by atoms with van der Waals surface area (Å²) >= 11 is 0. The van der Waals surface area contributed by atoms with Gasteiger partial charge in [-0.05, 0) is 84.5 Å². The lowest BCUT2D eigenvalue weighted by atomic mass is 10.0. The van der Waals surface area contributed by atoms with E-state index in [0.29, 0.717) is 0 Å². The van der Waals surface area contributed by atoms with E-state index in [4.69, 9.17) is 4.74 Å². The van der Waals surface area contributed by atoms with Gasteiger partial charge in [0.05, 0.1) is 12.8 Å². The minimum Gasteiger partial charge on any atom is -0.499 e. The van der Waals surface area contributed by atoms with E-state index in [1.807, 2.05) is 7.11 Å². The highest BCUT2D eigenvalue weighted by atomic mass is 16.5. The quantitative estimate of drug-likeness (QED) is 0.603. The summed E-state index contributed by atoms with van der Waals surface area (Å²) in [7, 11) is 4.08. The molecule has 4 rings (SSSR count). The summed E-state index contributed by atoms with van der Waals surface area (Å²) in [5.74, 6) is 1.19. The zero-order valence-electron chi connectivity index (χ0n) is 20.3. The Morgan fingerprint density at radius 1 is 0.839 bits per heavy atom. The molecule has 174 valence electrons. The average molecular weight is 428 g/mol. The topological polar surface area (TPSA) is 19.0 Å². The normalized spacial score (nSPS) is 28.0. The van der Waals surface area contributed by atoms with Crippen molar-refractivity contribution in [3.8, 4) is 0 Å². The van der Waals surface area contributed by atoms with Crippen LogP contribution in [0.25, 0.3) is 0 Å². The van der Waals surface area contributed by atoms with E-state index >= 15 is 0 Å². The molecule has 2 aliphatic heterocycles. The fourth-order valence-electron chi connectivity index (χ4n) is 5.04. The van der Waals surface area contributed by atoms with Crippen LogP contribution in [0.2, 0.25) is 0 Å². The van der Waals surface area contributed by atoms with Crippen molar-refractivity contribution in [2.75, 3.05) is 53.4 Å². The predicted octanol–water partition coefficient (Wildman–Crippen LogP) is 5.36. The minimum atomic E-state index is 0.803. The van der Waals surface area contributed by atoms with Crippen molar-refractivity contribution in [2.24, 2.45) is 0 Å². The van der Waals surface area contributed by atoms with Crippen LogP contribution in [0, 0.1) is 0 Å². The summed E-state index contributed by atoms with van der Waals surface area (Å²) in [4.78, 5) is 7.73. The monoisotopic (exact) mass is 427 g/mol. The number of allylic oxidation sites excluding steroid dienone is 7. The van der Waals surface area contributed by atoms with Crippen molar-refractivity contribution in [3.63, 3.8) is 0 Å². The van der Waals surface area contributed by atoms with Gasteiger partial charge in [-0.3, -0.25) is 4.90 Å². The summed E-state index contributed by atoms with van der Waals surface area (Å²) < 4.78 is 5.72. The largest absolute Gasteiger partial charge is 0.499 e. The van der Waals surface area contributed by atoms with Crippen molar-refractivity contribution in [2.45, 2.75) is 70.8 Å². The van der Waals surface area contributed by atoms with Crippen molar-refractivity contribution >= 4 is 0 Å². The van der Waals surface area contributed by atoms with Gasteiger partial charge in [-0.15, -0.1) is 0 Å². The van der Waals surface area contributed by atoms with Gasteiger partial charge in [0.25, 0.3) is 0 Å². The number of methoxy groups -OCH3 is 1. The van der Waals surface area contributed by atoms with E-state index in [0.717, 1.165) is 25.6 Å². The first-order valence-electron chi connectivity index (χ1n) is 12.6. The first kappa shape index (κ1) is 24.1. The van der Waals surface area contributed by atoms with Crippen molar-refractivity contribution < 1.29 is 4.74 Å². The van der Waals surface area contributed by atoms with Gasteiger partial charge in [-0.2, -0.15) is 0 Å². The molecule has 4 aliphatic rings. The van der Waals surface area contributed by atoms with Crippen molar-refractivity contribution in [1.82, 2.24) is 14.7 Å². The zero-order valence-corrected chi connectivity index (χ0v) is 20.3. The van der Waals surface area contributed by atoms with Crippen LogP contribution in [0.5, 0.6) is 0 Å². The second kappa shape index (κ2) is 13.1. The molecule has 0 amide bonds. The second-order valence-corrected chi connectivity index (χ2v) is 9.50. The lowest BCUT2D eigenvalue weighted by Gasteiger charge is -2.43. The molecule has 0 radical (unpaired) electrons. The first-order chi connectivity index (χ1) is 15.2. The molecular weight excluding hydrogens is 382 g/mol. The number of likely N-dealkylation sites (tertiary alicyclic amines) is 1. The van der Waals surface area contributed by atoms with Gasteiger partial charge >= 0.3 is 0 Å². The molecular formula is C27H45N3O. The van der Waals surface area contributed by atoms with E-state index in [-0.39, 0.29) is 0 Å². The van der Waals surface area contributed by atoms with Crippen molar-refractivity contribution in [1.29, 1.82) is 0 Å². The molecule has 4 heteroatoms. The molecule has 0 aromatic heterocycles. The molecule has 0 N–H and O–H groups in total. The Hall–Kier alpha value is -1.52. The third-order valence-corrected chi connectivity index (χ3v) is 7.11. The fraction of sp³-hybridized carbons (Fsp3) is 0.704. The third-order valence-electron chi connectivity index (χ3n) is 7.11. The summed E-state index contributed by atoms with van der Waals surface area (Å²) in [5, 5.41) is 0. The fourth-order valence-corrected chi connectivity index (χ4v) is 5.04. The number of rotatable bonds is 3. The number of piperazine rings is 1. The van der Waals surface area contributed by atoms with Gasteiger partial charge in [-0.1, -0.05) is 29.9 Å². The lowest BCUT2D eigenvalue weighted by Crippen LogP contribution is -2.52. The maximum Gasteiger partial charge on any atom is 0.119 e. The summed E-state index contributed by atoms with van der Waals surface area (Å²) in [6.07, 6.45) is 22.7. The third kappa shape index (κ3) is 7.84. The molecule has 0 aromatic rings. The van der Waals surface area contributed by atoms with Gasteiger partial charge in [0.1, 0.15) is 5.76 Å². The molecule has 0 spiro atoms. The van der Waals surface area contributed by atoms with E-state index in [2.05, 4.69) is 59.1 Å². The second-order valence-electron chi connectivity index (χ2n) is 9.50. The predicted molar refractivity (Wildman–Crippen MR) is 132 cm³/mol. The highest BCUT2D eigenvalue weighted by Gasteiger charge is 2.27. The average Bonchev–Trinajstić information content (AvgIpc) is 3.03. The minimum absolute atomic E-state index is 0.803. The molecule has 2 aliphatic carbocycles. The van der Waals surface area contributed by atoms with Gasteiger partial charge in [0.2, 0.25) is 0 Å². The van der Waals surface area contributed by atoms with Crippen LogP contribution in [0.15, 0.2) is 47.4 Å². The molecule has 0 atom stereocenters. The van der Waals surface area contributed by atoms with Crippen molar-refractivity contribution in [3.05, 3.63) is 47.4 Å². The lowest BCUT2D eigenvalue weighted by molar-refractivity contribution is 0.0753. The summed E-state index contributed by atoms with van der Waals surface area (Å²) in [5.41, 5.74) is 2.76. The molecule has 4 nitrogen and oxygen atoms in total. The van der Waals surface area contributed by atoms with Gasteiger partial charge < -0.3 is 14.5 Å². The summed E-state index contributed by atoms with van der Waals surface area (Å²) in [6, 6.07) is 0.803. The maximum absolute atomic E-state index is 5.72. The van der Waals surface area contributed by atoms with Crippen LogP contribution in [0.3, 0.4) is 0 Å². The van der Waals surface area contributed by atoms with Gasteiger partial charge in [0, 0.05) is 38.6 Å². The number of hydrogen-bond acceptors (Lipinski definition) is 4. The Morgan fingerprint density at radius 3 is 2.29 bits per heavy atom. The van der Waals surface area contributed by atoms with Crippen LogP contribution in [0.1, 0.15) is 64.7 Å². The molecule has 0 aromatic carbocycles. The molecule has 2 saturated heterocycles. The first-order valence-corrected chi connectivity index (χ1v) is 12.6. The number of nitrogens with zero attached hydrogens (tertiary/aromatic N) is 3. The Balaban J connectivity index is 0.000000287. The molecule has 31 heavy (non-hydrogen) atoms. The van der Waals surface area contributed by atoms with Crippen LogP contribution >= 0.6 is 0 Å². The van der Waals surface area contributed by atoms with Crippen LogP contribution < -0.4 is 0 Å². The summed E-state index contributed by atoms with van der Waals surface area (Å²) in [6.45, 7) is 9.34. The zero-order chi connectivity index (χ0) is 21.9. The highest BCUT2D eigenvalue weighted by Crippen LogP contribution is 2.25. The smallest absolute Gasteiger partial charge is 0.119 e.